The fourth-order valence-corrected chi connectivity index (χ4v) is 4.44. The number of benzene rings is 2. The van der Waals surface area contributed by atoms with Gasteiger partial charge in [0.25, 0.3) is 0 Å². The van der Waals surface area contributed by atoms with Crippen molar-refractivity contribution in [3.05, 3.63) is 101 Å². The van der Waals surface area contributed by atoms with Crippen molar-refractivity contribution in [3.63, 3.8) is 0 Å². The highest BCUT2D eigenvalue weighted by Gasteiger charge is 2.50. The Hall–Kier alpha value is -3.14. The molecule has 0 saturated carbocycles. The Morgan fingerprint density at radius 1 is 0.800 bits per heavy atom. The van der Waals surface area contributed by atoms with E-state index in [1.165, 1.54) is 7.11 Å². The van der Waals surface area contributed by atoms with E-state index in [0.717, 1.165) is 11.1 Å². The van der Waals surface area contributed by atoms with Crippen molar-refractivity contribution in [1.82, 2.24) is 4.98 Å². The van der Waals surface area contributed by atoms with Gasteiger partial charge in [0, 0.05) is 23.2 Å². The number of nitrogens with zero attached hydrogens (tertiary/aromatic N) is 1. The van der Waals surface area contributed by atoms with Crippen LogP contribution in [-0.2, 0) is 30.1 Å². The van der Waals surface area contributed by atoms with Gasteiger partial charge in [-0.25, -0.2) is 9.78 Å². The van der Waals surface area contributed by atoms with Gasteiger partial charge in [-0.15, -0.1) is 0 Å². The lowest BCUT2D eigenvalue weighted by Gasteiger charge is -2.49. The summed E-state index contributed by atoms with van der Waals surface area (Å²) in [5, 5.41) is 10.2. The molecule has 2 aromatic carbocycles. The predicted octanol–water partition coefficient (Wildman–Crippen LogP) is 3.37. The number of fused-ring (bicyclic) bond motifs is 1. The van der Waals surface area contributed by atoms with E-state index >= 15 is 0 Å². The first-order chi connectivity index (χ1) is 17.2. The highest BCUT2D eigenvalue weighted by atomic mass is 16.8. The number of hydrogen-bond donors (Lipinski definition) is 1. The third-order valence-corrected chi connectivity index (χ3v) is 6.15. The number of ether oxygens (including phenoxy) is 5. The zero-order chi connectivity index (χ0) is 24.2. The lowest BCUT2D eigenvalue weighted by atomic mass is 9.95. The lowest BCUT2D eigenvalue weighted by Crippen LogP contribution is -2.59. The van der Waals surface area contributed by atoms with Crippen LogP contribution >= 0.6 is 0 Å². The smallest absolute Gasteiger partial charge is 0.356 e. The predicted molar refractivity (Wildman–Crippen MR) is 124 cm³/mol. The summed E-state index contributed by atoms with van der Waals surface area (Å²) in [7, 11) is 1.32. The van der Waals surface area contributed by atoms with Crippen LogP contribution in [0.5, 0.6) is 0 Å². The summed E-state index contributed by atoms with van der Waals surface area (Å²) in [6.07, 6.45) is -3.23. The third kappa shape index (κ3) is 5.12. The maximum absolute atomic E-state index is 12.0. The second kappa shape index (κ2) is 10.6. The van der Waals surface area contributed by atoms with Gasteiger partial charge in [-0.2, -0.15) is 0 Å². The normalized spacial score (nSPS) is 28.2. The summed E-state index contributed by atoms with van der Waals surface area (Å²) in [5.41, 5.74) is 2.54. The lowest BCUT2D eigenvalue weighted by molar-refractivity contribution is -0.384. The third-order valence-electron chi connectivity index (χ3n) is 6.15. The maximum atomic E-state index is 12.0. The van der Waals surface area contributed by atoms with Crippen molar-refractivity contribution >= 4 is 5.97 Å². The number of pyridine rings is 1. The van der Waals surface area contributed by atoms with Crippen molar-refractivity contribution < 1.29 is 33.6 Å². The van der Waals surface area contributed by atoms with Crippen molar-refractivity contribution in [2.24, 2.45) is 0 Å². The largest absolute Gasteiger partial charge is 0.464 e. The van der Waals surface area contributed by atoms with Gasteiger partial charge in [0.05, 0.1) is 19.8 Å². The van der Waals surface area contributed by atoms with Gasteiger partial charge in [-0.05, 0) is 12.1 Å². The number of aliphatic hydroxyl groups excluding tert-OH is 1. The van der Waals surface area contributed by atoms with Crippen LogP contribution in [0.3, 0.4) is 0 Å². The number of hydrogen-bond acceptors (Lipinski definition) is 8. The molecule has 8 heteroatoms. The van der Waals surface area contributed by atoms with Gasteiger partial charge in [0.1, 0.15) is 24.0 Å². The SMILES string of the molecule is COC(=O)c1cccc(C[C@H]2OC(c3ccccc3)O[C@H]3[C@H]2OC(c2ccccc2)O[C@@H]3CO)n1. The molecule has 2 saturated heterocycles. The van der Waals surface area contributed by atoms with E-state index in [0.29, 0.717) is 12.1 Å². The minimum absolute atomic E-state index is 0.219. The molecular weight excluding hydrogens is 450 g/mol. The summed E-state index contributed by atoms with van der Waals surface area (Å²) in [5.74, 6) is -0.508. The average molecular weight is 478 g/mol. The van der Waals surface area contributed by atoms with Crippen molar-refractivity contribution in [1.29, 1.82) is 0 Å². The molecule has 0 aliphatic carbocycles. The molecule has 5 rings (SSSR count). The highest BCUT2D eigenvalue weighted by Crippen LogP contribution is 2.41. The molecule has 35 heavy (non-hydrogen) atoms. The number of aliphatic hydroxyl groups is 1. The van der Waals surface area contributed by atoms with Gasteiger partial charge >= 0.3 is 5.97 Å². The van der Waals surface area contributed by atoms with Gasteiger partial charge in [0.2, 0.25) is 0 Å². The van der Waals surface area contributed by atoms with Gasteiger partial charge in [0.15, 0.2) is 12.6 Å². The van der Waals surface area contributed by atoms with Gasteiger partial charge in [-0.3, -0.25) is 0 Å². The monoisotopic (exact) mass is 477 g/mol. The fraction of sp³-hybridized carbons (Fsp3) is 0.333. The van der Waals surface area contributed by atoms with Crippen molar-refractivity contribution in [2.75, 3.05) is 13.7 Å². The van der Waals surface area contributed by atoms with Gasteiger partial charge < -0.3 is 28.8 Å². The van der Waals surface area contributed by atoms with E-state index in [1.807, 2.05) is 66.7 Å². The minimum Gasteiger partial charge on any atom is -0.464 e. The zero-order valence-corrected chi connectivity index (χ0v) is 19.2. The van der Waals surface area contributed by atoms with Crippen LogP contribution in [0.25, 0.3) is 0 Å². The van der Waals surface area contributed by atoms with E-state index in [-0.39, 0.29) is 12.3 Å². The van der Waals surface area contributed by atoms with Crippen LogP contribution in [0.2, 0.25) is 0 Å². The van der Waals surface area contributed by atoms with Crippen molar-refractivity contribution in [3.8, 4) is 0 Å². The summed E-state index contributed by atoms with van der Waals surface area (Å²) < 4.78 is 30.0. The number of esters is 1. The molecule has 0 bridgehead atoms. The van der Waals surface area contributed by atoms with E-state index < -0.39 is 43.0 Å². The molecule has 1 N–H and O–H groups in total. The Morgan fingerprint density at radius 2 is 1.37 bits per heavy atom. The molecule has 2 fully saturated rings. The molecule has 3 heterocycles. The molecule has 0 spiro atoms. The molecule has 8 nitrogen and oxygen atoms in total. The molecule has 3 aromatic rings. The van der Waals surface area contributed by atoms with E-state index in [2.05, 4.69) is 4.98 Å². The molecule has 6 atom stereocenters. The Balaban J connectivity index is 1.47. The highest BCUT2D eigenvalue weighted by molar-refractivity contribution is 5.87. The molecule has 2 aliphatic heterocycles. The quantitative estimate of drug-likeness (QED) is 0.540. The Morgan fingerprint density at radius 3 is 1.94 bits per heavy atom. The zero-order valence-electron chi connectivity index (χ0n) is 19.2. The van der Waals surface area contributed by atoms with E-state index in [1.54, 1.807) is 12.1 Å². The Kier molecular flexibility index (Phi) is 7.17. The second-order valence-corrected chi connectivity index (χ2v) is 8.43. The second-order valence-electron chi connectivity index (χ2n) is 8.43. The van der Waals surface area contributed by atoms with Crippen LogP contribution in [-0.4, -0.2) is 54.2 Å². The molecule has 1 aromatic heterocycles. The Labute approximate surface area is 203 Å². The van der Waals surface area contributed by atoms with Crippen LogP contribution < -0.4 is 0 Å². The molecule has 0 amide bonds. The summed E-state index contributed by atoms with van der Waals surface area (Å²) >= 11 is 0. The summed E-state index contributed by atoms with van der Waals surface area (Å²) in [6, 6.07) is 24.3. The number of carbonyl (C=O) groups is 1. The number of carbonyl (C=O) groups excluding carboxylic acids is 1. The van der Waals surface area contributed by atoms with Gasteiger partial charge in [-0.1, -0.05) is 66.7 Å². The van der Waals surface area contributed by atoms with Crippen LogP contribution in [0.1, 0.15) is 39.9 Å². The first-order valence-electron chi connectivity index (χ1n) is 11.5. The summed E-state index contributed by atoms with van der Waals surface area (Å²) in [6.45, 7) is -0.238. The van der Waals surface area contributed by atoms with E-state index in [9.17, 15) is 9.90 Å². The van der Waals surface area contributed by atoms with Crippen LogP contribution in [0.15, 0.2) is 78.9 Å². The van der Waals surface area contributed by atoms with E-state index in [4.69, 9.17) is 23.7 Å². The number of rotatable bonds is 6. The fourth-order valence-electron chi connectivity index (χ4n) is 4.44. The topological polar surface area (TPSA) is 96.3 Å². The average Bonchev–Trinajstić information content (AvgIpc) is 2.93. The first kappa shape index (κ1) is 23.6. The first-order valence-corrected chi connectivity index (χ1v) is 11.5. The maximum Gasteiger partial charge on any atom is 0.356 e. The number of methoxy groups -OCH3 is 1. The molecule has 2 aliphatic rings. The van der Waals surface area contributed by atoms with Crippen LogP contribution in [0, 0.1) is 0 Å². The minimum atomic E-state index is -0.688. The standard InChI is InChI=1S/C27H27NO7/c1-31-25(30)20-14-8-13-19(28-20)15-21-23-24(35-26(32-21)17-9-4-2-5-10-17)22(16-29)33-27(34-23)18-11-6-3-7-12-18/h2-14,21-24,26-27,29H,15-16H2,1H3/t21-,22-,23+,24-,26?,27?/m1/s1. The van der Waals surface area contributed by atoms with Crippen LogP contribution in [0.4, 0.5) is 0 Å². The number of aromatic nitrogens is 1. The molecule has 2 unspecified atom stereocenters. The molecular formula is C27H27NO7. The molecule has 182 valence electrons. The molecule has 0 radical (unpaired) electrons. The Bertz CT molecular complexity index is 1130. The summed E-state index contributed by atoms with van der Waals surface area (Å²) in [4.78, 5) is 16.5. The van der Waals surface area contributed by atoms with Crippen molar-refractivity contribution in [2.45, 2.75) is 43.4 Å².